The first-order valence-electron chi connectivity index (χ1n) is 3.36. The quantitative estimate of drug-likeness (QED) is 0.579. The Bertz CT molecular complexity index is 297. The van der Waals surface area contributed by atoms with Gasteiger partial charge in [-0.05, 0) is 18.2 Å². The molecule has 0 heterocycles. The Balaban J connectivity index is 2.89. The predicted molar refractivity (Wildman–Crippen MR) is 54.5 cm³/mol. The van der Waals surface area contributed by atoms with Crippen LogP contribution in [0.5, 0.6) is 0 Å². The van der Waals surface area contributed by atoms with E-state index in [9.17, 15) is 0 Å². The molecule has 12 heavy (non-hydrogen) atoms. The molecule has 0 aliphatic carbocycles. The summed E-state index contributed by atoms with van der Waals surface area (Å²) in [5, 5.41) is 4.16. The Kier molecular flexibility index (Phi) is 3.38. The molecular weight excluding hydrogens is 195 g/mol. The van der Waals surface area contributed by atoms with Crippen molar-refractivity contribution < 1.29 is 0 Å². The fourth-order valence-electron chi connectivity index (χ4n) is 0.742. The summed E-state index contributed by atoms with van der Waals surface area (Å²) in [6.07, 6.45) is 1.55. The highest BCUT2D eigenvalue weighted by Gasteiger charge is 1.97. The lowest BCUT2D eigenvalue weighted by atomic mass is 10.3. The number of anilines is 1. The summed E-state index contributed by atoms with van der Waals surface area (Å²) in [5.41, 5.74) is 0.759. The Labute approximate surface area is 81.2 Å². The van der Waals surface area contributed by atoms with Crippen molar-refractivity contribution in [1.82, 2.24) is 0 Å². The van der Waals surface area contributed by atoms with Crippen LogP contribution in [0.15, 0.2) is 23.2 Å². The minimum atomic E-state index is 0.624. The summed E-state index contributed by atoms with van der Waals surface area (Å²) in [6.45, 7) is 0. The minimum absolute atomic E-state index is 0.624. The molecule has 0 saturated heterocycles. The molecule has 0 radical (unpaired) electrons. The van der Waals surface area contributed by atoms with Crippen molar-refractivity contribution in [1.29, 1.82) is 0 Å². The fraction of sp³-hybridized carbons (Fsp3) is 0.125. The van der Waals surface area contributed by atoms with Gasteiger partial charge in [0.2, 0.25) is 0 Å². The van der Waals surface area contributed by atoms with Crippen molar-refractivity contribution in [2.24, 2.45) is 4.99 Å². The smallest absolute Gasteiger partial charge is 0.0864 e. The molecular formula is C8H8Cl2N2. The Morgan fingerprint density at radius 2 is 2.17 bits per heavy atom. The molecule has 0 bridgehead atoms. The molecule has 0 aromatic heterocycles. The van der Waals surface area contributed by atoms with Crippen LogP contribution in [0.25, 0.3) is 0 Å². The van der Waals surface area contributed by atoms with Gasteiger partial charge < -0.3 is 5.32 Å². The molecule has 0 aliphatic rings. The highest BCUT2D eigenvalue weighted by molar-refractivity contribution is 6.35. The molecule has 0 amide bonds. The van der Waals surface area contributed by atoms with Crippen LogP contribution >= 0.6 is 23.2 Å². The van der Waals surface area contributed by atoms with E-state index in [1.165, 1.54) is 0 Å². The number of benzene rings is 1. The Morgan fingerprint density at radius 1 is 1.42 bits per heavy atom. The molecule has 0 unspecified atom stereocenters. The Hall–Kier alpha value is -0.730. The number of rotatable bonds is 2. The van der Waals surface area contributed by atoms with E-state index in [4.69, 9.17) is 23.2 Å². The summed E-state index contributed by atoms with van der Waals surface area (Å²) in [5.74, 6) is 0. The molecule has 4 heteroatoms. The van der Waals surface area contributed by atoms with Gasteiger partial charge in [0, 0.05) is 12.1 Å². The van der Waals surface area contributed by atoms with Crippen molar-refractivity contribution in [2.45, 2.75) is 0 Å². The normalized spacial score (nSPS) is 10.6. The fourth-order valence-corrected chi connectivity index (χ4v) is 1.09. The van der Waals surface area contributed by atoms with Gasteiger partial charge in [-0.3, -0.25) is 4.99 Å². The predicted octanol–water partition coefficient (Wildman–Crippen LogP) is 3.06. The van der Waals surface area contributed by atoms with Gasteiger partial charge in [-0.2, -0.15) is 0 Å². The monoisotopic (exact) mass is 202 g/mol. The van der Waals surface area contributed by atoms with Gasteiger partial charge in [0.25, 0.3) is 0 Å². The number of hydrogen-bond acceptors (Lipinski definition) is 1. The minimum Gasteiger partial charge on any atom is -0.345 e. The largest absolute Gasteiger partial charge is 0.345 e. The highest BCUT2D eigenvalue weighted by atomic mass is 35.5. The summed E-state index contributed by atoms with van der Waals surface area (Å²) >= 11 is 11.6. The maximum Gasteiger partial charge on any atom is 0.0864 e. The summed E-state index contributed by atoms with van der Waals surface area (Å²) in [7, 11) is 1.67. The zero-order chi connectivity index (χ0) is 8.97. The van der Waals surface area contributed by atoms with Gasteiger partial charge >= 0.3 is 0 Å². The van der Waals surface area contributed by atoms with Crippen LogP contribution in [0.3, 0.4) is 0 Å². The van der Waals surface area contributed by atoms with Crippen LogP contribution in [0.1, 0.15) is 0 Å². The van der Waals surface area contributed by atoms with Crippen LogP contribution in [0.4, 0.5) is 5.69 Å². The highest BCUT2D eigenvalue weighted by Crippen LogP contribution is 2.24. The van der Waals surface area contributed by atoms with E-state index >= 15 is 0 Å². The lowest BCUT2D eigenvalue weighted by Gasteiger charge is -2.02. The van der Waals surface area contributed by atoms with E-state index in [-0.39, 0.29) is 0 Å². The first-order valence-corrected chi connectivity index (χ1v) is 4.12. The number of nitrogens with zero attached hydrogens (tertiary/aromatic N) is 1. The molecule has 1 aromatic carbocycles. The van der Waals surface area contributed by atoms with Gasteiger partial charge in [-0.25, -0.2) is 0 Å². The van der Waals surface area contributed by atoms with Gasteiger partial charge in [0.05, 0.1) is 17.0 Å². The van der Waals surface area contributed by atoms with E-state index < -0.39 is 0 Å². The molecule has 64 valence electrons. The van der Waals surface area contributed by atoms with Crippen molar-refractivity contribution in [3.63, 3.8) is 0 Å². The number of nitrogens with one attached hydrogen (secondary N) is 1. The maximum atomic E-state index is 5.85. The second kappa shape index (κ2) is 4.33. The molecule has 1 N–H and O–H groups in total. The van der Waals surface area contributed by atoms with Gasteiger partial charge in [0.1, 0.15) is 0 Å². The SMILES string of the molecule is CN=CNc1cc(Cl)ccc1Cl. The van der Waals surface area contributed by atoms with Gasteiger partial charge in [0.15, 0.2) is 0 Å². The van der Waals surface area contributed by atoms with Crippen molar-refractivity contribution in [3.05, 3.63) is 28.2 Å². The number of aliphatic imine (C=N–C) groups is 1. The second-order valence-corrected chi connectivity index (χ2v) is 3.00. The Morgan fingerprint density at radius 3 is 2.83 bits per heavy atom. The molecule has 0 atom stereocenters. The first kappa shape index (κ1) is 9.36. The molecule has 1 aromatic rings. The molecule has 0 spiro atoms. The first-order chi connectivity index (χ1) is 5.74. The summed E-state index contributed by atoms with van der Waals surface area (Å²) in [6, 6.07) is 5.21. The third-order valence-corrected chi connectivity index (χ3v) is 1.84. The zero-order valence-corrected chi connectivity index (χ0v) is 8.02. The van der Waals surface area contributed by atoms with Crippen molar-refractivity contribution in [3.8, 4) is 0 Å². The van der Waals surface area contributed by atoms with Gasteiger partial charge in [-0.1, -0.05) is 23.2 Å². The third-order valence-electron chi connectivity index (χ3n) is 1.28. The lowest BCUT2D eigenvalue weighted by molar-refractivity contribution is 1.46. The van der Waals surface area contributed by atoms with E-state index in [2.05, 4.69) is 10.3 Å². The average molecular weight is 203 g/mol. The van der Waals surface area contributed by atoms with E-state index in [1.807, 2.05) is 0 Å². The third kappa shape index (κ3) is 2.40. The van der Waals surface area contributed by atoms with Gasteiger partial charge in [-0.15, -0.1) is 0 Å². The summed E-state index contributed by atoms with van der Waals surface area (Å²) in [4.78, 5) is 3.76. The molecule has 1 rings (SSSR count). The van der Waals surface area contributed by atoms with Crippen LogP contribution in [0, 0.1) is 0 Å². The van der Waals surface area contributed by atoms with Crippen LogP contribution in [-0.2, 0) is 0 Å². The van der Waals surface area contributed by atoms with Crippen LogP contribution in [-0.4, -0.2) is 13.4 Å². The maximum absolute atomic E-state index is 5.85. The number of halogens is 2. The van der Waals surface area contributed by atoms with Crippen LogP contribution in [0.2, 0.25) is 10.0 Å². The van der Waals surface area contributed by atoms with E-state index in [1.54, 1.807) is 31.6 Å². The number of hydrogen-bond donors (Lipinski definition) is 1. The zero-order valence-electron chi connectivity index (χ0n) is 6.51. The standard InChI is InChI=1S/C8H8Cl2N2/c1-11-5-12-8-4-6(9)2-3-7(8)10/h2-5H,1H3,(H,11,12). The lowest BCUT2D eigenvalue weighted by Crippen LogP contribution is -1.94. The van der Waals surface area contributed by atoms with Crippen molar-refractivity contribution in [2.75, 3.05) is 12.4 Å². The van der Waals surface area contributed by atoms with E-state index in [0.29, 0.717) is 10.0 Å². The van der Waals surface area contributed by atoms with E-state index in [0.717, 1.165) is 5.69 Å². The van der Waals surface area contributed by atoms with Crippen LogP contribution < -0.4 is 5.32 Å². The molecule has 0 aliphatic heterocycles. The topological polar surface area (TPSA) is 24.4 Å². The second-order valence-electron chi connectivity index (χ2n) is 2.16. The molecule has 0 fully saturated rings. The average Bonchev–Trinajstić information content (AvgIpc) is 2.07. The summed E-state index contributed by atoms with van der Waals surface area (Å²) < 4.78 is 0. The molecule has 2 nitrogen and oxygen atoms in total. The van der Waals surface area contributed by atoms with Crippen molar-refractivity contribution >= 4 is 35.2 Å². The molecule has 0 saturated carbocycles.